The summed E-state index contributed by atoms with van der Waals surface area (Å²) in [5, 5.41) is 9.02. The van der Waals surface area contributed by atoms with Crippen LogP contribution in [0, 0.1) is 0 Å². The van der Waals surface area contributed by atoms with Gasteiger partial charge in [-0.2, -0.15) is 0 Å². The van der Waals surface area contributed by atoms with E-state index in [0.29, 0.717) is 18.4 Å². The first-order valence-corrected chi connectivity index (χ1v) is 12.1. The topological polar surface area (TPSA) is 77.5 Å². The number of ether oxygens (including phenoxy) is 2. The molecular formula is C27H32N4O4. The predicted molar refractivity (Wildman–Crippen MR) is 134 cm³/mol. The Morgan fingerprint density at radius 3 is 2.51 bits per heavy atom. The van der Waals surface area contributed by atoms with E-state index in [2.05, 4.69) is 59.0 Å². The molecule has 1 fully saturated rings. The van der Waals surface area contributed by atoms with Gasteiger partial charge in [-0.3, -0.25) is 14.9 Å². The summed E-state index contributed by atoms with van der Waals surface area (Å²) in [5.41, 5.74) is 6.75. The number of carbonyl (C=O) groups excluding carboxylic acids is 1. The number of piperazine rings is 1. The lowest BCUT2D eigenvalue weighted by atomic mass is 9.99. The smallest absolute Gasteiger partial charge is 0.270 e. The molecular weight excluding hydrogens is 444 g/mol. The molecule has 5 rings (SSSR count). The maximum absolute atomic E-state index is 11.9. The first-order chi connectivity index (χ1) is 17.0. The van der Waals surface area contributed by atoms with Gasteiger partial charge in [-0.15, -0.1) is 0 Å². The van der Waals surface area contributed by atoms with E-state index in [9.17, 15) is 4.79 Å². The summed E-state index contributed by atoms with van der Waals surface area (Å²) in [4.78, 5) is 19.1. The molecule has 8 nitrogen and oxygen atoms in total. The molecule has 2 N–H and O–H groups in total. The normalized spacial score (nSPS) is 19.1. The monoisotopic (exact) mass is 476 g/mol. The minimum absolute atomic E-state index is 0.142. The van der Waals surface area contributed by atoms with E-state index in [0.717, 1.165) is 60.2 Å². The Balaban J connectivity index is 1.49. The van der Waals surface area contributed by atoms with Gasteiger partial charge in [0.1, 0.15) is 0 Å². The molecule has 0 saturated carbocycles. The van der Waals surface area contributed by atoms with Crippen molar-refractivity contribution in [3.05, 3.63) is 65.9 Å². The van der Waals surface area contributed by atoms with Crippen LogP contribution in [0.3, 0.4) is 0 Å². The van der Waals surface area contributed by atoms with E-state index < -0.39 is 5.91 Å². The summed E-state index contributed by atoms with van der Waals surface area (Å²) in [7, 11) is 2.16. The van der Waals surface area contributed by atoms with Gasteiger partial charge < -0.3 is 19.3 Å². The van der Waals surface area contributed by atoms with Crippen LogP contribution in [0.25, 0.3) is 11.1 Å². The molecule has 1 aliphatic carbocycles. The third-order valence-electron chi connectivity index (χ3n) is 7.10. The number of fused-ring (bicyclic) bond motifs is 1. The van der Waals surface area contributed by atoms with Crippen LogP contribution in [0.4, 0.5) is 5.69 Å². The second kappa shape index (κ2) is 10.1. The third kappa shape index (κ3) is 4.91. The lowest BCUT2D eigenvalue weighted by Gasteiger charge is -2.44. The molecule has 2 heterocycles. The Morgan fingerprint density at radius 1 is 1.00 bits per heavy atom. The Bertz CT molecular complexity index is 1150. The quantitative estimate of drug-likeness (QED) is 0.487. The summed E-state index contributed by atoms with van der Waals surface area (Å²) < 4.78 is 11.1. The summed E-state index contributed by atoms with van der Waals surface area (Å²) in [6, 6.07) is 14.6. The largest absolute Gasteiger partial charge is 0.454 e. The number of hydrogen-bond donors (Lipinski definition) is 2. The van der Waals surface area contributed by atoms with Crippen LogP contribution in [0.2, 0.25) is 0 Å². The molecule has 2 aliphatic heterocycles. The van der Waals surface area contributed by atoms with Crippen molar-refractivity contribution in [2.24, 2.45) is 0 Å². The zero-order chi connectivity index (χ0) is 24.4. The SMILES string of the molecule is CC(N1CCN(C)CC1)N(C1=CC=C(C(=O)NO)CC1)c1cccc(-c2ccc3c(c2)OCO3)c1. The zero-order valence-electron chi connectivity index (χ0n) is 20.2. The molecule has 1 amide bonds. The summed E-state index contributed by atoms with van der Waals surface area (Å²) in [5.74, 6) is 1.10. The number of rotatable bonds is 6. The Hall–Kier alpha value is -3.33. The lowest BCUT2D eigenvalue weighted by Crippen LogP contribution is -2.54. The molecule has 2 aromatic carbocycles. The van der Waals surface area contributed by atoms with Crippen LogP contribution in [0.1, 0.15) is 19.8 Å². The highest BCUT2D eigenvalue weighted by Crippen LogP contribution is 2.38. The first kappa shape index (κ1) is 23.4. The molecule has 1 unspecified atom stereocenters. The van der Waals surface area contributed by atoms with Crippen molar-refractivity contribution in [2.75, 3.05) is 44.9 Å². The molecule has 0 bridgehead atoms. The van der Waals surface area contributed by atoms with E-state index in [1.54, 1.807) is 5.48 Å². The fourth-order valence-corrected chi connectivity index (χ4v) is 4.98. The number of amides is 1. The lowest BCUT2D eigenvalue weighted by molar-refractivity contribution is -0.125. The highest BCUT2D eigenvalue weighted by Gasteiger charge is 2.28. The molecule has 3 aliphatic rings. The summed E-state index contributed by atoms with van der Waals surface area (Å²) >= 11 is 0. The summed E-state index contributed by atoms with van der Waals surface area (Å²) in [6.07, 6.45) is 5.25. The fraction of sp³-hybridized carbons (Fsp3) is 0.370. The second-order valence-electron chi connectivity index (χ2n) is 9.25. The van der Waals surface area contributed by atoms with Crippen molar-refractivity contribution in [1.82, 2.24) is 15.3 Å². The first-order valence-electron chi connectivity index (χ1n) is 12.1. The van der Waals surface area contributed by atoms with E-state index in [-0.39, 0.29) is 13.0 Å². The van der Waals surface area contributed by atoms with Crippen LogP contribution in [0.15, 0.2) is 65.9 Å². The highest BCUT2D eigenvalue weighted by molar-refractivity contribution is 5.93. The van der Waals surface area contributed by atoms with Crippen molar-refractivity contribution < 1.29 is 19.5 Å². The molecule has 0 radical (unpaired) electrons. The minimum atomic E-state index is -0.441. The van der Waals surface area contributed by atoms with Gasteiger partial charge in [-0.1, -0.05) is 24.3 Å². The Labute approximate surface area is 206 Å². The Kier molecular flexibility index (Phi) is 6.77. The van der Waals surface area contributed by atoms with Gasteiger partial charge in [0.15, 0.2) is 11.5 Å². The van der Waals surface area contributed by atoms with Crippen LogP contribution < -0.4 is 19.9 Å². The third-order valence-corrected chi connectivity index (χ3v) is 7.10. The molecule has 8 heteroatoms. The number of benzene rings is 2. The maximum Gasteiger partial charge on any atom is 0.270 e. The number of anilines is 1. The molecule has 2 aromatic rings. The van der Waals surface area contributed by atoms with Gasteiger partial charge in [0.25, 0.3) is 5.91 Å². The molecule has 35 heavy (non-hydrogen) atoms. The van der Waals surface area contributed by atoms with E-state index >= 15 is 0 Å². The zero-order valence-corrected chi connectivity index (χ0v) is 20.2. The van der Waals surface area contributed by atoms with Gasteiger partial charge in [0.05, 0.1) is 6.17 Å². The number of hydroxylamine groups is 1. The highest BCUT2D eigenvalue weighted by atomic mass is 16.7. The summed E-state index contributed by atoms with van der Waals surface area (Å²) in [6.45, 7) is 6.57. The van der Waals surface area contributed by atoms with Crippen molar-refractivity contribution in [2.45, 2.75) is 25.9 Å². The number of nitrogens with one attached hydrogen (secondary N) is 1. The molecule has 1 saturated heterocycles. The van der Waals surface area contributed by atoms with Crippen molar-refractivity contribution in [3.8, 4) is 22.6 Å². The van der Waals surface area contributed by atoms with Gasteiger partial charge >= 0.3 is 0 Å². The van der Waals surface area contributed by atoms with Gasteiger partial charge in [0, 0.05) is 43.1 Å². The van der Waals surface area contributed by atoms with Gasteiger partial charge in [0.2, 0.25) is 6.79 Å². The van der Waals surface area contributed by atoms with Gasteiger partial charge in [-0.05, 0) is 68.3 Å². The number of likely N-dealkylation sites (N-methyl/N-ethyl adjacent to an activating group) is 1. The maximum atomic E-state index is 11.9. The van der Waals surface area contributed by atoms with E-state index in [1.165, 1.54) is 0 Å². The Morgan fingerprint density at radius 2 is 1.77 bits per heavy atom. The van der Waals surface area contributed by atoms with Crippen LogP contribution in [-0.4, -0.2) is 67.1 Å². The van der Waals surface area contributed by atoms with Crippen molar-refractivity contribution in [3.63, 3.8) is 0 Å². The minimum Gasteiger partial charge on any atom is -0.454 e. The number of hydrogen-bond acceptors (Lipinski definition) is 7. The molecule has 1 atom stereocenters. The fourth-order valence-electron chi connectivity index (χ4n) is 4.98. The standard InChI is InChI=1S/C27H32N4O4/c1-19(30-14-12-29(2)13-15-30)31(23-9-6-20(7-10-23)27(32)28-33)24-5-3-4-21(16-24)22-8-11-25-26(17-22)35-18-34-25/h3-6,8-9,11,16-17,19,33H,7,10,12-15,18H2,1-2H3,(H,28,32). The number of allylic oxidation sites excluding steroid dienone is 3. The predicted octanol–water partition coefficient (Wildman–Crippen LogP) is 3.59. The van der Waals surface area contributed by atoms with Crippen molar-refractivity contribution in [1.29, 1.82) is 0 Å². The van der Waals surface area contributed by atoms with Crippen molar-refractivity contribution >= 4 is 11.6 Å². The molecule has 0 aromatic heterocycles. The average Bonchev–Trinajstić information content (AvgIpc) is 3.37. The van der Waals surface area contributed by atoms with Crippen LogP contribution in [0.5, 0.6) is 11.5 Å². The second-order valence-corrected chi connectivity index (χ2v) is 9.25. The van der Waals surface area contributed by atoms with Gasteiger partial charge in [-0.25, -0.2) is 5.48 Å². The van der Waals surface area contributed by atoms with E-state index in [4.69, 9.17) is 14.7 Å². The molecule has 0 spiro atoms. The number of nitrogens with zero attached hydrogens (tertiary/aromatic N) is 3. The van der Waals surface area contributed by atoms with Crippen LogP contribution >= 0.6 is 0 Å². The average molecular weight is 477 g/mol. The van der Waals surface area contributed by atoms with Crippen LogP contribution in [-0.2, 0) is 4.79 Å². The number of carbonyl (C=O) groups is 1. The molecule has 184 valence electrons. The van der Waals surface area contributed by atoms with E-state index in [1.807, 2.05) is 24.3 Å².